The van der Waals surface area contributed by atoms with E-state index in [1.165, 1.54) is 0 Å². The fourth-order valence-electron chi connectivity index (χ4n) is 1.26. The van der Waals surface area contributed by atoms with Crippen LogP contribution in [0.1, 0.15) is 18.1 Å². The first-order valence-corrected chi connectivity index (χ1v) is 4.30. The van der Waals surface area contributed by atoms with Crippen molar-refractivity contribution in [2.24, 2.45) is 5.73 Å². The molecule has 0 spiro atoms. The summed E-state index contributed by atoms with van der Waals surface area (Å²) in [5, 5.41) is 18.2. The van der Waals surface area contributed by atoms with Crippen molar-refractivity contribution in [3.8, 4) is 5.75 Å². The summed E-state index contributed by atoms with van der Waals surface area (Å²) in [5.41, 5.74) is 7.22. The van der Waals surface area contributed by atoms with Gasteiger partial charge in [0.05, 0.1) is 6.61 Å². The van der Waals surface area contributed by atoms with Crippen LogP contribution in [0.4, 0.5) is 0 Å². The number of rotatable bonds is 3. The Kier molecular flexibility index (Phi) is 3.28. The number of hydrogen-bond acceptors (Lipinski definition) is 3. The number of benzene rings is 1. The average Bonchev–Trinajstić information content (AvgIpc) is 2.07. The highest BCUT2D eigenvalue weighted by Gasteiger charge is 2.03. The van der Waals surface area contributed by atoms with Crippen molar-refractivity contribution in [1.82, 2.24) is 0 Å². The summed E-state index contributed by atoms with van der Waals surface area (Å²) < 4.78 is 0. The van der Waals surface area contributed by atoms with E-state index in [2.05, 4.69) is 0 Å². The van der Waals surface area contributed by atoms with Crippen molar-refractivity contribution < 1.29 is 10.2 Å². The van der Waals surface area contributed by atoms with Gasteiger partial charge in [-0.15, -0.1) is 0 Å². The Hall–Kier alpha value is -1.06. The molecular formula is C10H15NO2. The van der Waals surface area contributed by atoms with E-state index in [-0.39, 0.29) is 18.4 Å². The van der Waals surface area contributed by atoms with E-state index >= 15 is 0 Å². The zero-order valence-corrected chi connectivity index (χ0v) is 7.70. The first-order chi connectivity index (χ1) is 6.13. The molecule has 0 saturated carbocycles. The molecule has 0 aliphatic carbocycles. The van der Waals surface area contributed by atoms with Gasteiger partial charge in [-0.3, -0.25) is 0 Å². The molecule has 1 rings (SSSR count). The third-order valence-corrected chi connectivity index (χ3v) is 1.87. The molecule has 0 aliphatic heterocycles. The van der Waals surface area contributed by atoms with Crippen LogP contribution in [0.5, 0.6) is 5.75 Å². The maximum absolute atomic E-state index is 9.28. The van der Waals surface area contributed by atoms with Gasteiger partial charge in [0, 0.05) is 11.6 Å². The molecule has 1 aromatic rings. The van der Waals surface area contributed by atoms with Gasteiger partial charge in [0.15, 0.2) is 0 Å². The van der Waals surface area contributed by atoms with Gasteiger partial charge in [-0.1, -0.05) is 6.07 Å². The summed E-state index contributed by atoms with van der Waals surface area (Å²) in [5.74, 6) is 0.135. The Morgan fingerprint density at radius 1 is 1.46 bits per heavy atom. The second kappa shape index (κ2) is 4.25. The van der Waals surface area contributed by atoms with E-state index in [1.54, 1.807) is 12.1 Å². The summed E-state index contributed by atoms with van der Waals surface area (Å²) in [6.45, 7) is 1.78. The lowest BCUT2D eigenvalue weighted by Gasteiger charge is -2.07. The molecule has 4 N–H and O–H groups in total. The minimum Gasteiger partial charge on any atom is -0.508 e. The number of aliphatic hydroxyl groups excluding tert-OH is 1. The molecule has 0 amide bonds. The molecule has 72 valence electrons. The van der Waals surface area contributed by atoms with Crippen LogP contribution in [0.2, 0.25) is 0 Å². The maximum Gasteiger partial charge on any atom is 0.121 e. The van der Waals surface area contributed by atoms with Gasteiger partial charge in [-0.25, -0.2) is 0 Å². The number of nitrogens with two attached hydrogens (primary N) is 1. The molecule has 3 nitrogen and oxygen atoms in total. The van der Waals surface area contributed by atoms with E-state index in [9.17, 15) is 5.11 Å². The zero-order valence-electron chi connectivity index (χ0n) is 7.70. The zero-order chi connectivity index (χ0) is 9.84. The quantitative estimate of drug-likeness (QED) is 0.645. The summed E-state index contributed by atoms with van der Waals surface area (Å²) in [6.07, 6.45) is 0.757. The molecular weight excluding hydrogens is 166 g/mol. The monoisotopic (exact) mass is 181 g/mol. The smallest absolute Gasteiger partial charge is 0.121 e. The largest absolute Gasteiger partial charge is 0.508 e. The van der Waals surface area contributed by atoms with E-state index in [0.29, 0.717) is 5.56 Å². The fourth-order valence-corrected chi connectivity index (χ4v) is 1.26. The van der Waals surface area contributed by atoms with Crippen molar-refractivity contribution in [2.75, 3.05) is 0 Å². The molecule has 0 aliphatic rings. The second-order valence-electron chi connectivity index (χ2n) is 3.30. The Morgan fingerprint density at radius 3 is 2.69 bits per heavy atom. The number of phenols is 1. The van der Waals surface area contributed by atoms with Gasteiger partial charge in [-0.05, 0) is 31.0 Å². The lowest BCUT2D eigenvalue weighted by atomic mass is 10.0. The fraction of sp³-hybridized carbons (Fsp3) is 0.400. The highest BCUT2D eigenvalue weighted by molar-refractivity contribution is 5.35. The van der Waals surface area contributed by atoms with Crippen LogP contribution in [0.15, 0.2) is 18.2 Å². The maximum atomic E-state index is 9.28. The molecule has 1 unspecified atom stereocenters. The molecule has 0 aromatic heterocycles. The Bertz CT molecular complexity index is 284. The lowest BCUT2D eigenvalue weighted by Crippen LogP contribution is -2.17. The predicted octanol–water partition coefficient (Wildman–Crippen LogP) is 0.774. The third kappa shape index (κ3) is 2.72. The van der Waals surface area contributed by atoms with Gasteiger partial charge in [0.25, 0.3) is 0 Å². The van der Waals surface area contributed by atoms with Gasteiger partial charge in [0.2, 0.25) is 0 Å². The predicted molar refractivity (Wildman–Crippen MR) is 51.4 cm³/mol. The number of aliphatic hydroxyl groups is 1. The molecule has 0 saturated heterocycles. The van der Waals surface area contributed by atoms with Crippen LogP contribution >= 0.6 is 0 Å². The summed E-state index contributed by atoms with van der Waals surface area (Å²) in [6, 6.07) is 5.27. The van der Waals surface area contributed by atoms with Crippen LogP contribution < -0.4 is 5.73 Å². The van der Waals surface area contributed by atoms with E-state index < -0.39 is 0 Å². The average molecular weight is 181 g/mol. The van der Waals surface area contributed by atoms with Crippen LogP contribution in [0.25, 0.3) is 0 Å². The Labute approximate surface area is 77.8 Å². The molecule has 0 heterocycles. The van der Waals surface area contributed by atoms with Gasteiger partial charge >= 0.3 is 0 Å². The minimum atomic E-state index is -0.140. The van der Waals surface area contributed by atoms with E-state index in [1.807, 2.05) is 13.0 Å². The molecule has 3 heteroatoms. The molecule has 0 radical (unpaired) electrons. The molecule has 1 aromatic carbocycles. The van der Waals surface area contributed by atoms with Crippen molar-refractivity contribution >= 4 is 0 Å². The minimum absolute atomic E-state index is 0.0936. The van der Waals surface area contributed by atoms with Crippen LogP contribution in [-0.2, 0) is 13.0 Å². The molecule has 0 bridgehead atoms. The molecule has 1 atom stereocenters. The van der Waals surface area contributed by atoms with Gasteiger partial charge in [0.1, 0.15) is 5.75 Å². The standard InChI is InChI=1S/C10H15NO2/c1-7(11)4-8-2-3-10(13)9(5-8)6-12/h2-3,5,7,12-13H,4,6,11H2,1H3. The normalized spacial score (nSPS) is 12.8. The number of hydrogen-bond donors (Lipinski definition) is 3. The number of aromatic hydroxyl groups is 1. The summed E-state index contributed by atoms with van der Waals surface area (Å²) in [7, 11) is 0. The van der Waals surface area contributed by atoms with Crippen molar-refractivity contribution in [3.05, 3.63) is 29.3 Å². The van der Waals surface area contributed by atoms with Gasteiger partial charge in [-0.2, -0.15) is 0 Å². The lowest BCUT2D eigenvalue weighted by molar-refractivity contribution is 0.275. The van der Waals surface area contributed by atoms with Crippen LogP contribution in [-0.4, -0.2) is 16.3 Å². The van der Waals surface area contributed by atoms with Crippen LogP contribution in [0.3, 0.4) is 0 Å². The summed E-state index contributed by atoms with van der Waals surface area (Å²) in [4.78, 5) is 0. The molecule has 13 heavy (non-hydrogen) atoms. The van der Waals surface area contributed by atoms with Crippen molar-refractivity contribution in [2.45, 2.75) is 26.0 Å². The highest BCUT2D eigenvalue weighted by atomic mass is 16.3. The molecule has 0 fully saturated rings. The van der Waals surface area contributed by atoms with E-state index in [0.717, 1.165) is 12.0 Å². The Morgan fingerprint density at radius 2 is 2.15 bits per heavy atom. The first kappa shape index (κ1) is 10.0. The van der Waals surface area contributed by atoms with Crippen molar-refractivity contribution in [3.63, 3.8) is 0 Å². The third-order valence-electron chi connectivity index (χ3n) is 1.87. The summed E-state index contributed by atoms with van der Waals surface area (Å²) >= 11 is 0. The first-order valence-electron chi connectivity index (χ1n) is 4.30. The Balaban J connectivity index is 2.86. The van der Waals surface area contributed by atoms with Gasteiger partial charge < -0.3 is 15.9 Å². The second-order valence-corrected chi connectivity index (χ2v) is 3.30. The SMILES string of the molecule is CC(N)Cc1ccc(O)c(CO)c1. The van der Waals surface area contributed by atoms with Crippen molar-refractivity contribution in [1.29, 1.82) is 0 Å². The topological polar surface area (TPSA) is 66.5 Å². The van der Waals surface area contributed by atoms with Crippen LogP contribution in [0, 0.1) is 0 Å². The highest BCUT2D eigenvalue weighted by Crippen LogP contribution is 2.18. The van der Waals surface area contributed by atoms with E-state index in [4.69, 9.17) is 10.8 Å².